The van der Waals surface area contributed by atoms with Gasteiger partial charge in [0.2, 0.25) is 0 Å². The van der Waals surface area contributed by atoms with E-state index in [0.29, 0.717) is 32.8 Å². The first kappa shape index (κ1) is 26.9. The van der Waals surface area contributed by atoms with E-state index in [1.54, 1.807) is 31.2 Å². The van der Waals surface area contributed by atoms with E-state index in [1.165, 1.54) is 36.4 Å². The standard InChI is InChI=1S/C26H18Cl2FIN2O5/c1-2-36-22-11-15(10-21(30)23(22)37-13-14-4-3-5-16(29)8-14)9-18-24(33)31-26(35)32(25(18)34)17-6-7-19(27)20(28)12-17/h3-12H,2,13H2,1H3,(H,31,33,35)/b18-9+. The lowest BCUT2D eigenvalue weighted by atomic mass is 10.1. The third-order valence-electron chi connectivity index (χ3n) is 5.18. The van der Waals surface area contributed by atoms with Crippen molar-refractivity contribution >= 4 is 75.4 Å². The predicted octanol–water partition coefficient (Wildman–Crippen LogP) is 6.38. The van der Waals surface area contributed by atoms with E-state index in [2.05, 4.69) is 5.32 Å². The van der Waals surface area contributed by atoms with Gasteiger partial charge in [-0.15, -0.1) is 0 Å². The van der Waals surface area contributed by atoms with Gasteiger partial charge in [0.25, 0.3) is 11.8 Å². The van der Waals surface area contributed by atoms with E-state index in [4.69, 9.17) is 32.7 Å². The second-order valence-electron chi connectivity index (χ2n) is 7.74. The number of hydrogen-bond acceptors (Lipinski definition) is 5. The molecule has 0 aliphatic carbocycles. The summed E-state index contributed by atoms with van der Waals surface area (Å²) in [6.07, 6.45) is 1.36. The van der Waals surface area contributed by atoms with Gasteiger partial charge < -0.3 is 9.47 Å². The van der Waals surface area contributed by atoms with E-state index in [9.17, 15) is 18.8 Å². The van der Waals surface area contributed by atoms with Gasteiger partial charge in [0.15, 0.2) is 11.5 Å². The van der Waals surface area contributed by atoms with Crippen LogP contribution in [0.2, 0.25) is 10.0 Å². The quantitative estimate of drug-likeness (QED) is 0.182. The number of nitrogens with one attached hydrogen (secondary N) is 1. The summed E-state index contributed by atoms with van der Waals surface area (Å²) >= 11 is 14.0. The molecule has 1 saturated heterocycles. The molecule has 37 heavy (non-hydrogen) atoms. The van der Waals surface area contributed by atoms with Gasteiger partial charge in [0.05, 0.1) is 25.9 Å². The SMILES string of the molecule is CCOc1cc(/C=C2\C(=O)NC(=O)N(c3ccc(Cl)c(Cl)c3)C2=O)cc(I)c1OCc1cccc(F)c1. The Balaban J connectivity index is 1.67. The summed E-state index contributed by atoms with van der Waals surface area (Å²) in [6, 6.07) is 12.7. The minimum atomic E-state index is -0.906. The summed E-state index contributed by atoms with van der Waals surface area (Å²) in [6.45, 7) is 2.23. The van der Waals surface area contributed by atoms with Gasteiger partial charge in [-0.25, -0.2) is 14.1 Å². The van der Waals surface area contributed by atoms with Crippen molar-refractivity contribution in [3.63, 3.8) is 0 Å². The lowest BCUT2D eigenvalue weighted by molar-refractivity contribution is -0.122. The maximum Gasteiger partial charge on any atom is 0.335 e. The Bertz CT molecular complexity index is 1450. The van der Waals surface area contributed by atoms with Crippen molar-refractivity contribution in [1.29, 1.82) is 0 Å². The van der Waals surface area contributed by atoms with Gasteiger partial charge >= 0.3 is 6.03 Å². The second-order valence-corrected chi connectivity index (χ2v) is 9.71. The van der Waals surface area contributed by atoms with Crippen molar-refractivity contribution in [1.82, 2.24) is 5.32 Å². The maximum absolute atomic E-state index is 13.5. The first-order valence-corrected chi connectivity index (χ1v) is 12.7. The van der Waals surface area contributed by atoms with Crippen molar-refractivity contribution in [2.75, 3.05) is 11.5 Å². The number of carbonyl (C=O) groups excluding carboxylic acids is 3. The molecule has 1 fully saturated rings. The van der Waals surface area contributed by atoms with Crippen LogP contribution >= 0.6 is 45.8 Å². The Morgan fingerprint density at radius 1 is 1.03 bits per heavy atom. The molecule has 4 rings (SSSR count). The number of imide groups is 2. The van der Waals surface area contributed by atoms with E-state index in [-0.39, 0.29) is 33.7 Å². The Kier molecular flexibility index (Phi) is 8.35. The highest BCUT2D eigenvalue weighted by Crippen LogP contribution is 2.36. The molecule has 3 aromatic rings. The highest BCUT2D eigenvalue weighted by molar-refractivity contribution is 14.1. The Morgan fingerprint density at radius 2 is 1.81 bits per heavy atom. The van der Waals surface area contributed by atoms with Crippen LogP contribution < -0.4 is 19.7 Å². The molecule has 11 heteroatoms. The monoisotopic (exact) mass is 654 g/mol. The molecule has 3 aromatic carbocycles. The molecule has 0 bridgehead atoms. The van der Waals surface area contributed by atoms with Crippen LogP contribution in [0.3, 0.4) is 0 Å². The van der Waals surface area contributed by atoms with Crippen LogP contribution in [0.4, 0.5) is 14.9 Å². The van der Waals surface area contributed by atoms with E-state index in [1.807, 2.05) is 22.6 Å². The van der Waals surface area contributed by atoms with Crippen molar-refractivity contribution in [3.05, 3.63) is 90.7 Å². The Morgan fingerprint density at radius 3 is 2.51 bits per heavy atom. The molecule has 0 saturated carbocycles. The molecule has 7 nitrogen and oxygen atoms in total. The number of hydrogen-bond donors (Lipinski definition) is 1. The molecule has 0 atom stereocenters. The summed E-state index contributed by atoms with van der Waals surface area (Å²) in [5, 5.41) is 2.56. The summed E-state index contributed by atoms with van der Waals surface area (Å²) in [5.41, 5.74) is 0.993. The van der Waals surface area contributed by atoms with Crippen LogP contribution in [0.15, 0.2) is 60.2 Å². The molecule has 0 aromatic heterocycles. The summed E-state index contributed by atoms with van der Waals surface area (Å²) < 4.78 is 25.8. The molecular formula is C26H18Cl2FIN2O5. The predicted molar refractivity (Wildman–Crippen MR) is 147 cm³/mol. The number of barbiturate groups is 1. The normalized spacial score (nSPS) is 14.7. The van der Waals surface area contributed by atoms with E-state index >= 15 is 0 Å². The maximum atomic E-state index is 13.5. The van der Waals surface area contributed by atoms with Crippen LogP contribution in [0.5, 0.6) is 11.5 Å². The fourth-order valence-corrected chi connectivity index (χ4v) is 4.61. The zero-order valence-corrected chi connectivity index (χ0v) is 22.9. The van der Waals surface area contributed by atoms with Gasteiger partial charge in [0, 0.05) is 0 Å². The highest BCUT2D eigenvalue weighted by atomic mass is 127. The number of ether oxygens (including phenoxy) is 2. The zero-order chi connectivity index (χ0) is 26.7. The molecule has 1 aliphatic rings. The topological polar surface area (TPSA) is 84.9 Å². The van der Waals surface area contributed by atoms with Gasteiger partial charge in [0.1, 0.15) is 18.0 Å². The molecular weight excluding hydrogens is 637 g/mol. The van der Waals surface area contributed by atoms with E-state index in [0.717, 1.165) is 4.90 Å². The van der Waals surface area contributed by atoms with Crippen LogP contribution in [0.25, 0.3) is 6.08 Å². The molecule has 190 valence electrons. The summed E-state index contributed by atoms with van der Waals surface area (Å²) in [5.74, 6) is -1.23. The minimum absolute atomic E-state index is 0.107. The lowest BCUT2D eigenvalue weighted by Crippen LogP contribution is -2.54. The highest BCUT2D eigenvalue weighted by Gasteiger charge is 2.37. The number of rotatable bonds is 7. The van der Waals surface area contributed by atoms with Crippen molar-refractivity contribution in [2.24, 2.45) is 0 Å². The third kappa shape index (κ3) is 6.06. The number of halogens is 4. The van der Waals surface area contributed by atoms with E-state index < -0.39 is 17.8 Å². The van der Waals surface area contributed by atoms with Crippen LogP contribution in [-0.2, 0) is 16.2 Å². The minimum Gasteiger partial charge on any atom is -0.490 e. The number of amides is 4. The van der Waals surface area contributed by atoms with Gasteiger partial charge in [-0.3, -0.25) is 14.9 Å². The molecule has 1 aliphatic heterocycles. The van der Waals surface area contributed by atoms with Crippen molar-refractivity contribution < 1.29 is 28.2 Å². The van der Waals surface area contributed by atoms with Crippen molar-refractivity contribution in [3.8, 4) is 11.5 Å². The molecule has 4 amide bonds. The average Bonchev–Trinajstić information content (AvgIpc) is 2.83. The second kappa shape index (κ2) is 11.5. The molecule has 0 unspecified atom stereocenters. The molecule has 1 N–H and O–H groups in total. The fraction of sp³-hybridized carbons (Fsp3) is 0.115. The molecule has 1 heterocycles. The Hall–Kier alpha value is -3.15. The average molecular weight is 655 g/mol. The van der Waals surface area contributed by atoms with Crippen molar-refractivity contribution in [2.45, 2.75) is 13.5 Å². The lowest BCUT2D eigenvalue weighted by Gasteiger charge is -2.26. The fourth-order valence-electron chi connectivity index (χ4n) is 3.54. The smallest absolute Gasteiger partial charge is 0.335 e. The van der Waals surface area contributed by atoms with Crippen LogP contribution in [-0.4, -0.2) is 24.5 Å². The first-order valence-electron chi connectivity index (χ1n) is 10.9. The third-order valence-corrected chi connectivity index (χ3v) is 6.72. The molecule has 0 radical (unpaired) electrons. The van der Waals surface area contributed by atoms with Gasteiger partial charge in [-0.05, 0) is 89.2 Å². The van der Waals surface area contributed by atoms with Gasteiger partial charge in [-0.1, -0.05) is 35.3 Å². The number of urea groups is 1. The largest absolute Gasteiger partial charge is 0.490 e. The van der Waals surface area contributed by atoms with Gasteiger partial charge in [-0.2, -0.15) is 0 Å². The molecule has 0 spiro atoms. The number of carbonyl (C=O) groups is 3. The number of nitrogens with zero attached hydrogens (tertiary/aromatic N) is 1. The number of benzene rings is 3. The van der Waals surface area contributed by atoms with Crippen LogP contribution in [0.1, 0.15) is 18.1 Å². The zero-order valence-electron chi connectivity index (χ0n) is 19.2. The number of anilines is 1. The Labute approximate surface area is 235 Å². The van der Waals surface area contributed by atoms with Crippen LogP contribution in [0, 0.1) is 9.39 Å². The summed E-state index contributed by atoms with van der Waals surface area (Å²) in [7, 11) is 0. The summed E-state index contributed by atoms with van der Waals surface area (Å²) in [4.78, 5) is 39.1. The first-order chi connectivity index (χ1) is 17.7.